The second-order valence-electron chi connectivity index (χ2n) is 13.6. The van der Waals surface area contributed by atoms with Crippen molar-refractivity contribution in [3.63, 3.8) is 0 Å². The van der Waals surface area contributed by atoms with Crippen LogP contribution in [0.1, 0.15) is 70.0 Å². The lowest BCUT2D eigenvalue weighted by molar-refractivity contribution is -0.162. The van der Waals surface area contributed by atoms with E-state index in [-0.39, 0.29) is 37.3 Å². The topological polar surface area (TPSA) is 135 Å². The van der Waals surface area contributed by atoms with Gasteiger partial charge < -0.3 is 34.4 Å². The number of esters is 1. The normalized spacial score (nSPS) is 24.4. The zero-order valence-electron chi connectivity index (χ0n) is 29.7. The second-order valence-corrected chi connectivity index (χ2v) is 13.6. The van der Waals surface area contributed by atoms with Crippen molar-refractivity contribution in [2.75, 3.05) is 31.7 Å². The third kappa shape index (κ3) is 7.89. The molecular formula is C40H51N3O8. The molecule has 51 heavy (non-hydrogen) atoms. The van der Waals surface area contributed by atoms with Gasteiger partial charge in [-0.05, 0) is 68.9 Å². The van der Waals surface area contributed by atoms with Gasteiger partial charge in [-0.3, -0.25) is 19.2 Å². The van der Waals surface area contributed by atoms with Gasteiger partial charge in [-0.1, -0.05) is 55.3 Å². The molecule has 7 atom stereocenters. The first-order valence-electron chi connectivity index (χ1n) is 18.0. The van der Waals surface area contributed by atoms with Gasteiger partial charge in [0.05, 0.1) is 31.1 Å². The Balaban J connectivity index is 1.46. The molecule has 2 N–H and O–H groups in total. The van der Waals surface area contributed by atoms with Crippen molar-refractivity contribution in [2.24, 2.45) is 11.8 Å². The molecule has 0 aromatic heterocycles. The van der Waals surface area contributed by atoms with Gasteiger partial charge in [0, 0.05) is 31.8 Å². The second kappa shape index (κ2) is 17.2. The molecule has 3 heterocycles. The number of methoxy groups -OCH3 is 1. The molecule has 3 amide bonds. The molecule has 2 bridgehead atoms. The van der Waals surface area contributed by atoms with Gasteiger partial charge in [0.1, 0.15) is 23.5 Å². The lowest BCUT2D eigenvalue weighted by Crippen LogP contribution is -2.56. The molecule has 0 aliphatic carbocycles. The van der Waals surface area contributed by atoms with Crippen molar-refractivity contribution >= 4 is 29.4 Å². The average Bonchev–Trinajstić information content (AvgIpc) is 3.79. The van der Waals surface area contributed by atoms with E-state index in [1.807, 2.05) is 30.3 Å². The Kier molecular flexibility index (Phi) is 12.7. The molecule has 11 heteroatoms. The first kappa shape index (κ1) is 37.8. The maximum absolute atomic E-state index is 14.8. The molecule has 3 fully saturated rings. The number of nitrogens with one attached hydrogen (secondary N) is 1. The van der Waals surface area contributed by atoms with Gasteiger partial charge in [-0.15, -0.1) is 13.2 Å². The summed E-state index contributed by atoms with van der Waals surface area (Å²) < 4.78 is 18.3. The zero-order chi connectivity index (χ0) is 36.5. The smallest absolute Gasteiger partial charge is 0.313 e. The number of rotatable bonds is 19. The van der Waals surface area contributed by atoms with E-state index in [0.717, 1.165) is 12.8 Å². The van der Waals surface area contributed by atoms with Crippen LogP contribution in [0.2, 0.25) is 0 Å². The predicted molar refractivity (Wildman–Crippen MR) is 193 cm³/mol. The summed E-state index contributed by atoms with van der Waals surface area (Å²) in [5.41, 5.74) is 0.108. The molecule has 0 radical (unpaired) electrons. The first-order chi connectivity index (χ1) is 24.7. The zero-order valence-corrected chi connectivity index (χ0v) is 29.7. The summed E-state index contributed by atoms with van der Waals surface area (Å²) in [5.74, 6) is -2.58. The molecule has 3 aliphatic rings. The van der Waals surface area contributed by atoms with E-state index in [1.165, 1.54) is 0 Å². The number of ether oxygens (including phenoxy) is 3. The summed E-state index contributed by atoms with van der Waals surface area (Å²) >= 11 is 0. The highest BCUT2D eigenvalue weighted by molar-refractivity contribution is 6.04. The Morgan fingerprint density at radius 2 is 1.80 bits per heavy atom. The van der Waals surface area contributed by atoms with Crippen LogP contribution >= 0.6 is 0 Å². The SMILES string of the molecule is C=CCCC(=O)N[C@@H](C)[C@H](OC(=O)[C@@H]1[C@@H]2CC[C@]3(O2)[C@H](C(=O)N(CC=C)c2ccc(OC)cc2)N(CCCCCCO)C(=O)[C@@H]13)c1ccccc1. The van der Waals surface area contributed by atoms with Crippen LogP contribution in [0.5, 0.6) is 5.75 Å². The van der Waals surface area contributed by atoms with Crippen LogP contribution in [-0.4, -0.2) is 84.3 Å². The molecule has 5 rings (SSSR count). The van der Waals surface area contributed by atoms with E-state index in [4.69, 9.17) is 14.2 Å². The van der Waals surface area contributed by atoms with E-state index in [2.05, 4.69) is 18.5 Å². The number of anilines is 1. The summed E-state index contributed by atoms with van der Waals surface area (Å²) in [5, 5.41) is 12.2. The number of fused-ring (bicyclic) bond motifs is 1. The minimum absolute atomic E-state index is 0.0907. The van der Waals surface area contributed by atoms with E-state index in [0.29, 0.717) is 55.6 Å². The summed E-state index contributed by atoms with van der Waals surface area (Å²) in [7, 11) is 1.57. The van der Waals surface area contributed by atoms with Gasteiger partial charge in [0.15, 0.2) is 0 Å². The lowest BCUT2D eigenvalue weighted by atomic mass is 9.70. The summed E-state index contributed by atoms with van der Waals surface area (Å²) in [4.78, 5) is 59.6. The number of carbonyl (C=O) groups excluding carboxylic acids is 4. The van der Waals surface area contributed by atoms with E-state index in [9.17, 15) is 24.3 Å². The summed E-state index contributed by atoms with van der Waals surface area (Å²) in [6, 6.07) is 14.8. The third-order valence-electron chi connectivity index (χ3n) is 10.4. The first-order valence-corrected chi connectivity index (χ1v) is 18.0. The molecular weight excluding hydrogens is 650 g/mol. The number of carbonyl (C=O) groups is 4. The van der Waals surface area contributed by atoms with E-state index in [1.54, 1.807) is 60.3 Å². The number of benzene rings is 2. The number of hydrogen-bond acceptors (Lipinski definition) is 8. The molecule has 11 nitrogen and oxygen atoms in total. The monoisotopic (exact) mass is 701 g/mol. The molecule has 274 valence electrons. The highest BCUT2D eigenvalue weighted by Crippen LogP contribution is 2.59. The number of aliphatic hydroxyl groups excluding tert-OH is 1. The Bertz CT molecular complexity index is 1550. The van der Waals surface area contributed by atoms with Crippen LogP contribution in [-0.2, 0) is 28.7 Å². The fourth-order valence-corrected chi connectivity index (χ4v) is 7.99. The fourth-order valence-electron chi connectivity index (χ4n) is 7.99. The van der Waals surface area contributed by atoms with Crippen LogP contribution < -0.4 is 15.0 Å². The maximum Gasteiger partial charge on any atom is 0.313 e. The number of hydrogen-bond donors (Lipinski definition) is 2. The number of allylic oxidation sites excluding steroid dienone is 1. The van der Waals surface area contributed by atoms with E-state index < -0.39 is 47.7 Å². The molecule has 1 spiro atoms. The van der Waals surface area contributed by atoms with Crippen molar-refractivity contribution in [2.45, 2.75) is 88.2 Å². The van der Waals surface area contributed by atoms with Crippen LogP contribution in [0.25, 0.3) is 0 Å². The van der Waals surface area contributed by atoms with Crippen molar-refractivity contribution in [1.29, 1.82) is 0 Å². The van der Waals surface area contributed by atoms with Gasteiger partial charge in [-0.25, -0.2) is 0 Å². The minimum atomic E-state index is -1.22. The lowest BCUT2D eigenvalue weighted by Gasteiger charge is -2.37. The molecule has 3 aliphatic heterocycles. The van der Waals surface area contributed by atoms with Gasteiger partial charge in [0.25, 0.3) is 5.91 Å². The Hall–Kier alpha value is -4.48. The van der Waals surface area contributed by atoms with Crippen LogP contribution in [0.4, 0.5) is 5.69 Å². The highest BCUT2D eigenvalue weighted by atomic mass is 16.6. The fraction of sp³-hybridized carbons (Fsp3) is 0.500. The van der Waals surface area contributed by atoms with Crippen LogP contribution in [0, 0.1) is 11.8 Å². The largest absolute Gasteiger partial charge is 0.497 e. The molecule has 0 unspecified atom stereocenters. The van der Waals surface area contributed by atoms with Crippen LogP contribution in [0.15, 0.2) is 79.9 Å². The Labute approximate surface area is 300 Å². The maximum atomic E-state index is 14.8. The van der Waals surface area contributed by atoms with Gasteiger partial charge >= 0.3 is 5.97 Å². The number of nitrogens with zero attached hydrogens (tertiary/aromatic N) is 2. The Morgan fingerprint density at radius 1 is 1.08 bits per heavy atom. The van der Waals surface area contributed by atoms with Gasteiger partial charge in [0.2, 0.25) is 11.8 Å². The molecule has 2 aromatic rings. The van der Waals surface area contributed by atoms with Crippen LogP contribution in [0.3, 0.4) is 0 Å². The average molecular weight is 702 g/mol. The highest BCUT2D eigenvalue weighted by Gasteiger charge is 2.75. The molecule has 3 saturated heterocycles. The minimum Gasteiger partial charge on any atom is -0.497 e. The van der Waals surface area contributed by atoms with Crippen molar-refractivity contribution in [3.05, 3.63) is 85.5 Å². The number of unbranched alkanes of at least 4 members (excludes halogenated alkanes) is 3. The molecule has 2 aromatic carbocycles. The van der Waals surface area contributed by atoms with Crippen molar-refractivity contribution < 1.29 is 38.5 Å². The van der Waals surface area contributed by atoms with Crippen molar-refractivity contribution in [3.8, 4) is 5.75 Å². The third-order valence-corrected chi connectivity index (χ3v) is 10.4. The predicted octanol–water partition coefficient (Wildman–Crippen LogP) is 4.90. The van der Waals surface area contributed by atoms with E-state index >= 15 is 0 Å². The molecule has 0 saturated carbocycles. The summed E-state index contributed by atoms with van der Waals surface area (Å²) in [6.45, 7) is 9.95. The Morgan fingerprint density at radius 3 is 2.47 bits per heavy atom. The number of amides is 3. The standard InChI is InChI=1S/C40H51N3O8/c1-5-7-17-32(45)41-27(3)35(28-15-11-10-12-16-28)50-39(48)33-31-22-23-40(51-31)34(33)37(46)43(25-13-8-9-14-26-44)36(40)38(47)42(24-6-2)29-18-20-30(49-4)21-19-29/h5-6,10-12,15-16,18-21,27,31,33-36,44H,1-2,7-9,13-14,17,22-26H2,3-4H3,(H,41,45)/t27-,31-,33+,34+,35-,36-,40+/m0/s1. The number of aliphatic hydroxyl groups is 1. The quantitative estimate of drug-likeness (QED) is 0.120. The number of likely N-dealkylation sites (tertiary alicyclic amines) is 1. The summed E-state index contributed by atoms with van der Waals surface area (Å²) in [6.07, 6.45) is 6.43. The van der Waals surface area contributed by atoms with Gasteiger partial charge in [-0.2, -0.15) is 0 Å². The van der Waals surface area contributed by atoms with Crippen molar-refractivity contribution in [1.82, 2.24) is 10.2 Å².